The number of aromatic hydroxyl groups is 1. The van der Waals surface area contributed by atoms with Gasteiger partial charge in [0.2, 0.25) is 35.4 Å². The number of carboxylic acid groups (broad SMARTS) is 1. The van der Waals surface area contributed by atoms with Gasteiger partial charge in [0.05, 0.1) is 17.6 Å². The first kappa shape index (κ1) is 47.0. The van der Waals surface area contributed by atoms with Gasteiger partial charge in [-0.15, -0.1) is 0 Å². The zero-order valence-corrected chi connectivity index (χ0v) is 33.0. The summed E-state index contributed by atoms with van der Waals surface area (Å²) in [6, 6.07) is 2.75. The van der Waals surface area contributed by atoms with Gasteiger partial charge >= 0.3 is 11.7 Å². The van der Waals surface area contributed by atoms with E-state index in [-0.39, 0.29) is 37.4 Å². The Morgan fingerprint density at radius 2 is 1.58 bits per heavy atom. The Kier molecular flexibility index (Phi) is 17.5. The van der Waals surface area contributed by atoms with Gasteiger partial charge in [0, 0.05) is 37.7 Å². The highest BCUT2D eigenvalue weighted by molar-refractivity contribution is 5.97. The number of hydrogen-bond donors (Lipinski definition) is 10. The summed E-state index contributed by atoms with van der Waals surface area (Å²) in [7, 11) is 0. The van der Waals surface area contributed by atoms with Crippen LogP contribution in [0.1, 0.15) is 64.0 Å². The monoisotopic (exact) mass is 827 g/mol. The van der Waals surface area contributed by atoms with Gasteiger partial charge in [0.1, 0.15) is 30.2 Å². The fraction of sp³-hybridized carbons (Fsp3) is 0.500. The lowest BCUT2D eigenvalue weighted by molar-refractivity contribution is -0.385. The number of carbonyl (C=O) groups is 7. The van der Waals surface area contributed by atoms with E-state index in [2.05, 4.69) is 26.6 Å². The first-order chi connectivity index (χ1) is 27.8. The van der Waals surface area contributed by atoms with E-state index in [0.717, 1.165) is 22.6 Å². The zero-order chi connectivity index (χ0) is 44.0. The van der Waals surface area contributed by atoms with Crippen molar-refractivity contribution in [3.63, 3.8) is 0 Å². The van der Waals surface area contributed by atoms with Gasteiger partial charge in [0.25, 0.3) is 0 Å². The second-order valence-corrected chi connectivity index (χ2v) is 14.7. The molecule has 1 saturated heterocycles. The van der Waals surface area contributed by atoms with Crippen LogP contribution in [-0.2, 0) is 46.5 Å². The van der Waals surface area contributed by atoms with Crippen LogP contribution in [0.5, 0.6) is 5.75 Å². The maximum atomic E-state index is 13.8. The lowest BCUT2D eigenvalue weighted by atomic mass is 10.0. The minimum absolute atomic E-state index is 0.0179. The molecular weight excluding hydrogens is 774 g/mol. The molecule has 322 valence electrons. The minimum Gasteiger partial charge on any atom is -0.502 e. The lowest BCUT2D eigenvalue weighted by Gasteiger charge is -2.30. The minimum atomic E-state index is -1.56. The summed E-state index contributed by atoms with van der Waals surface area (Å²) in [6.45, 7) is 4.70. The van der Waals surface area contributed by atoms with Crippen LogP contribution in [-0.4, -0.2) is 116 Å². The van der Waals surface area contributed by atoms with Gasteiger partial charge in [-0.25, -0.2) is 0 Å². The maximum absolute atomic E-state index is 13.8. The van der Waals surface area contributed by atoms with Crippen LogP contribution in [0.2, 0.25) is 0 Å². The van der Waals surface area contributed by atoms with Crippen molar-refractivity contribution in [1.29, 1.82) is 0 Å². The molecule has 21 heteroatoms. The number of carbonyl (C=O) groups excluding carboxylic acids is 6. The molecule has 0 bridgehead atoms. The number of aliphatic carboxylic acids is 1. The third-order valence-electron chi connectivity index (χ3n) is 9.62. The average Bonchev–Trinajstić information content (AvgIpc) is 3.67. The molecule has 12 N–H and O–H groups in total. The van der Waals surface area contributed by atoms with E-state index in [9.17, 15) is 53.9 Å². The highest BCUT2D eigenvalue weighted by Crippen LogP contribution is 2.27. The van der Waals surface area contributed by atoms with Gasteiger partial charge in [-0.3, -0.25) is 43.7 Å². The van der Waals surface area contributed by atoms with Crippen molar-refractivity contribution in [1.82, 2.24) is 31.5 Å². The third kappa shape index (κ3) is 13.9. The number of rotatable bonds is 22. The van der Waals surface area contributed by atoms with E-state index in [0.29, 0.717) is 18.5 Å². The van der Waals surface area contributed by atoms with Crippen molar-refractivity contribution in [3.05, 3.63) is 63.7 Å². The van der Waals surface area contributed by atoms with E-state index < -0.39 is 113 Å². The number of anilines is 1. The molecule has 2 aromatic carbocycles. The van der Waals surface area contributed by atoms with E-state index >= 15 is 0 Å². The molecule has 0 aromatic heterocycles. The number of phenolic OH excluding ortho intramolecular Hbond substituents is 1. The van der Waals surface area contributed by atoms with Crippen molar-refractivity contribution >= 4 is 52.8 Å². The fourth-order valence-electron chi connectivity index (χ4n) is 6.43. The lowest BCUT2D eigenvalue weighted by Crippen LogP contribution is -2.59. The van der Waals surface area contributed by atoms with Crippen LogP contribution in [0.3, 0.4) is 0 Å². The number of para-hydroxylation sites is 1. The summed E-state index contributed by atoms with van der Waals surface area (Å²) in [5, 5.41) is 53.7. The molecule has 2 aromatic rings. The highest BCUT2D eigenvalue weighted by Gasteiger charge is 2.40. The van der Waals surface area contributed by atoms with Gasteiger partial charge in [-0.05, 0) is 61.8 Å². The number of nitro groups is 1. The number of nitrogens with one attached hydrogen (secondary N) is 5. The second-order valence-electron chi connectivity index (χ2n) is 14.7. The Morgan fingerprint density at radius 1 is 0.915 bits per heavy atom. The summed E-state index contributed by atoms with van der Waals surface area (Å²) in [6.07, 6.45) is -0.518. The Labute approximate surface area is 339 Å². The first-order valence-corrected chi connectivity index (χ1v) is 19.0. The number of aliphatic hydroxyl groups is 1. The number of amides is 6. The van der Waals surface area contributed by atoms with Crippen molar-refractivity contribution in [3.8, 4) is 5.75 Å². The Balaban J connectivity index is 1.74. The Hall–Kier alpha value is -6.35. The molecule has 1 aliphatic rings. The number of carboxylic acids is 1. The van der Waals surface area contributed by atoms with E-state index in [1.54, 1.807) is 12.1 Å². The number of primary amides is 1. The average molecular weight is 828 g/mol. The van der Waals surface area contributed by atoms with Gasteiger partial charge in [-0.2, -0.15) is 0 Å². The number of nitrogen functional groups attached to an aromatic ring is 1. The number of nitro benzene ring substituents is 1. The molecule has 1 heterocycles. The highest BCUT2D eigenvalue weighted by atomic mass is 16.6. The van der Waals surface area contributed by atoms with E-state index in [4.69, 9.17) is 16.6 Å². The number of hydrogen-bond acceptors (Lipinski definition) is 13. The van der Waals surface area contributed by atoms with E-state index in [1.807, 2.05) is 26.0 Å². The molecule has 0 unspecified atom stereocenters. The SMILES string of the molecule is CC(C)C[C@H](NCc1ccccc1N)C(=O)N[C@@H](C)C(=O)N[C@@H](CO)C(=O)N1CCC[C@H]1C(=O)N[C@@H](Cc1ccc(O)c([N+](=O)[O-])c1)C(=O)N[C@@H](CCC(=O)O)C(N)=O. The van der Waals surface area contributed by atoms with Crippen molar-refractivity contribution in [2.24, 2.45) is 11.7 Å². The standard InChI is InChI=1S/C38H53N9O12/c1-20(2)15-26(41-18-23-7-4-5-8-24(23)39)35(54)42-21(3)34(53)45-28(19-48)38(57)46-14-6-9-29(46)37(56)44-27(16-22-10-12-31(49)30(17-22)47(58)59)36(55)43-25(33(40)52)11-13-32(50)51/h4-5,7-8,10,12,17,20-21,25-29,41,48-49H,6,9,11,13-16,18-19,39H2,1-3H3,(H2,40,52)(H,42,54)(H,43,55)(H,44,56)(H,45,53)(H,50,51)/t21-,25-,26-,27-,28-,29-/m0/s1. The molecule has 21 nitrogen and oxygen atoms in total. The number of nitrogens with two attached hydrogens (primary N) is 2. The number of likely N-dealkylation sites (tertiary alicyclic amines) is 1. The zero-order valence-electron chi connectivity index (χ0n) is 33.0. The molecule has 3 rings (SSSR count). The third-order valence-corrected chi connectivity index (χ3v) is 9.62. The predicted octanol–water partition coefficient (Wildman–Crippen LogP) is -1.08. The van der Waals surface area contributed by atoms with Crippen LogP contribution in [0.25, 0.3) is 0 Å². The van der Waals surface area contributed by atoms with Gasteiger partial charge in [0.15, 0.2) is 5.75 Å². The van der Waals surface area contributed by atoms with Crippen molar-refractivity contribution < 1.29 is 53.8 Å². The summed E-state index contributed by atoms with van der Waals surface area (Å²) in [5.41, 5.74) is 12.2. The van der Waals surface area contributed by atoms with Crippen molar-refractivity contribution in [2.45, 2.75) is 102 Å². The quantitative estimate of drug-likeness (QED) is 0.0384. The molecular formula is C38H53N9O12. The number of benzene rings is 2. The fourth-order valence-corrected chi connectivity index (χ4v) is 6.43. The summed E-state index contributed by atoms with van der Waals surface area (Å²) in [4.78, 5) is 102. The Morgan fingerprint density at radius 3 is 2.19 bits per heavy atom. The molecule has 1 aliphatic heterocycles. The molecule has 6 amide bonds. The smallest absolute Gasteiger partial charge is 0.310 e. The second kappa shape index (κ2) is 22.0. The van der Waals surface area contributed by atoms with Crippen molar-refractivity contribution in [2.75, 3.05) is 18.9 Å². The van der Waals surface area contributed by atoms with Gasteiger partial charge < -0.3 is 58.3 Å². The summed E-state index contributed by atoms with van der Waals surface area (Å²) in [5.74, 6) is -6.89. The summed E-state index contributed by atoms with van der Waals surface area (Å²) >= 11 is 0. The van der Waals surface area contributed by atoms with Crippen LogP contribution in [0.4, 0.5) is 11.4 Å². The molecule has 6 atom stereocenters. The molecule has 0 spiro atoms. The molecule has 0 radical (unpaired) electrons. The largest absolute Gasteiger partial charge is 0.502 e. The normalized spacial score (nSPS) is 16.2. The summed E-state index contributed by atoms with van der Waals surface area (Å²) < 4.78 is 0. The molecule has 1 fully saturated rings. The number of aliphatic hydroxyl groups excluding tert-OH is 1. The first-order valence-electron chi connectivity index (χ1n) is 19.0. The van der Waals surface area contributed by atoms with Crippen LogP contribution < -0.4 is 38.1 Å². The predicted molar refractivity (Wildman–Crippen MR) is 211 cm³/mol. The van der Waals surface area contributed by atoms with Crippen LogP contribution in [0, 0.1) is 16.0 Å². The van der Waals surface area contributed by atoms with Crippen LogP contribution >= 0.6 is 0 Å². The molecule has 0 saturated carbocycles. The van der Waals surface area contributed by atoms with Crippen LogP contribution in [0.15, 0.2) is 42.5 Å². The van der Waals surface area contributed by atoms with E-state index in [1.165, 1.54) is 13.0 Å². The maximum Gasteiger partial charge on any atom is 0.310 e. The molecule has 59 heavy (non-hydrogen) atoms. The Bertz CT molecular complexity index is 1880. The van der Waals surface area contributed by atoms with Gasteiger partial charge in [-0.1, -0.05) is 38.1 Å². The topological polar surface area (TPSA) is 339 Å². The molecule has 0 aliphatic carbocycles. The number of phenols is 1. The number of nitrogens with zero attached hydrogens (tertiary/aromatic N) is 2.